The molecule has 1 fully saturated rings. The van der Waals surface area contributed by atoms with Gasteiger partial charge < -0.3 is 14.9 Å². The van der Waals surface area contributed by atoms with Gasteiger partial charge in [-0.15, -0.1) is 0 Å². The van der Waals surface area contributed by atoms with Gasteiger partial charge in [0.15, 0.2) is 0 Å². The number of halogens is 3. The molecular weight excluding hydrogens is 497 g/mol. The third kappa shape index (κ3) is 5.94. The summed E-state index contributed by atoms with van der Waals surface area (Å²) >= 11 is 0. The first-order valence-electron chi connectivity index (χ1n) is 11.9. The van der Waals surface area contributed by atoms with Crippen LogP contribution in [0.15, 0.2) is 60.7 Å². The first-order valence-corrected chi connectivity index (χ1v) is 11.9. The topological polar surface area (TPSA) is 93.8 Å². The average Bonchev–Trinajstić information content (AvgIpc) is 2.91. The molecule has 0 spiro atoms. The summed E-state index contributed by atoms with van der Waals surface area (Å²) < 4.78 is 47.6. The van der Waals surface area contributed by atoms with Crippen molar-refractivity contribution in [1.82, 2.24) is 4.90 Å². The van der Waals surface area contributed by atoms with Crippen molar-refractivity contribution < 1.29 is 32.9 Å². The fourth-order valence-electron chi connectivity index (χ4n) is 4.53. The number of morpholine rings is 1. The number of hydrogen-bond acceptors (Lipinski definition) is 5. The molecule has 9 heteroatoms. The Hall–Kier alpha value is -3.97. The summed E-state index contributed by atoms with van der Waals surface area (Å²) in [7, 11) is 0. The zero-order valence-electron chi connectivity index (χ0n) is 20.3. The van der Waals surface area contributed by atoms with Crippen molar-refractivity contribution in [2.75, 3.05) is 19.8 Å². The number of rotatable bonds is 7. The number of carbonyl (C=O) groups is 1. The number of hydrogen-bond donors (Lipinski definition) is 2. The van der Waals surface area contributed by atoms with Crippen LogP contribution in [0.3, 0.4) is 0 Å². The number of nitrogens with zero attached hydrogens (tertiary/aromatic N) is 2. The largest absolute Gasteiger partial charge is 0.480 e. The molecule has 0 saturated carbocycles. The number of benzene rings is 3. The predicted molar refractivity (Wildman–Crippen MR) is 136 cm³/mol. The highest BCUT2D eigenvalue weighted by Gasteiger charge is 2.35. The zero-order chi connectivity index (χ0) is 27.3. The lowest BCUT2D eigenvalue weighted by Crippen LogP contribution is -2.49. The van der Waals surface area contributed by atoms with Gasteiger partial charge >= 0.3 is 12.1 Å². The highest BCUT2D eigenvalue weighted by atomic mass is 19.4. The van der Waals surface area contributed by atoms with Crippen LogP contribution in [0.25, 0.3) is 23.3 Å². The van der Waals surface area contributed by atoms with Crippen LogP contribution in [0.4, 0.5) is 13.2 Å². The molecule has 0 aliphatic carbocycles. The summed E-state index contributed by atoms with van der Waals surface area (Å²) in [6.07, 6.45) is -1.96. The van der Waals surface area contributed by atoms with Gasteiger partial charge in [0.05, 0.1) is 30.9 Å². The van der Waals surface area contributed by atoms with Gasteiger partial charge in [-0.1, -0.05) is 60.7 Å². The van der Waals surface area contributed by atoms with Gasteiger partial charge in [0.25, 0.3) is 0 Å². The third-order valence-electron chi connectivity index (χ3n) is 6.48. The van der Waals surface area contributed by atoms with Crippen LogP contribution in [0, 0.1) is 11.3 Å². The van der Waals surface area contributed by atoms with E-state index in [0.717, 1.165) is 11.6 Å². The second kappa shape index (κ2) is 11.6. The lowest BCUT2D eigenvalue weighted by molar-refractivity contribution is -0.150. The summed E-state index contributed by atoms with van der Waals surface area (Å²) in [6, 6.07) is 17.8. The predicted octanol–water partition coefficient (Wildman–Crippen LogP) is 5.19. The van der Waals surface area contributed by atoms with Crippen molar-refractivity contribution in [1.29, 1.82) is 5.26 Å². The maximum absolute atomic E-state index is 14.1. The van der Waals surface area contributed by atoms with E-state index >= 15 is 0 Å². The first-order chi connectivity index (χ1) is 18.2. The lowest BCUT2D eigenvalue weighted by atomic mass is 9.94. The molecule has 1 aliphatic heterocycles. The van der Waals surface area contributed by atoms with E-state index in [1.807, 2.05) is 30.3 Å². The van der Waals surface area contributed by atoms with Gasteiger partial charge in [0, 0.05) is 18.7 Å². The summed E-state index contributed by atoms with van der Waals surface area (Å²) in [5, 5.41) is 29.3. The van der Waals surface area contributed by atoms with Crippen molar-refractivity contribution >= 4 is 18.1 Å². The monoisotopic (exact) mass is 522 g/mol. The molecule has 38 heavy (non-hydrogen) atoms. The molecule has 4 rings (SSSR count). The van der Waals surface area contributed by atoms with Crippen LogP contribution in [0.1, 0.15) is 33.4 Å². The Balaban J connectivity index is 1.74. The minimum atomic E-state index is -4.70. The molecule has 2 N–H and O–H groups in total. The number of aliphatic carboxylic acids is 1. The molecule has 3 aromatic carbocycles. The van der Waals surface area contributed by atoms with Crippen LogP contribution < -0.4 is 0 Å². The van der Waals surface area contributed by atoms with E-state index in [-0.39, 0.29) is 43.0 Å². The summed E-state index contributed by atoms with van der Waals surface area (Å²) in [5.74, 6) is -1.13. The summed E-state index contributed by atoms with van der Waals surface area (Å²) in [5.41, 5.74) is 1.61. The zero-order valence-corrected chi connectivity index (χ0v) is 20.3. The van der Waals surface area contributed by atoms with Crippen LogP contribution in [0.2, 0.25) is 0 Å². The number of aliphatic hydroxyl groups is 1. The molecule has 3 aromatic rings. The van der Waals surface area contributed by atoms with Gasteiger partial charge in [0.2, 0.25) is 0 Å². The highest BCUT2D eigenvalue weighted by molar-refractivity contribution is 5.81. The molecule has 6 nitrogen and oxygen atoms in total. The standard InChI is InChI=1S/C29H25F3N2O4/c30-29(31,32)26-14-22(16-34-11-12-38-18-27(34)28(36)37)23(17-35)13-21(26)10-9-20-7-4-8-24(25(20)15-33)19-5-2-1-3-6-19/h1-10,13-14,27,35H,11-12,16-18H2,(H,36,37)/b10-9+. The second-order valence-corrected chi connectivity index (χ2v) is 8.84. The summed E-state index contributed by atoms with van der Waals surface area (Å²) in [6.45, 7) is -0.182. The fourth-order valence-corrected chi connectivity index (χ4v) is 4.53. The van der Waals surface area contributed by atoms with E-state index in [1.165, 1.54) is 23.1 Å². The molecule has 1 unspecified atom stereocenters. The Bertz CT molecular complexity index is 1380. The lowest BCUT2D eigenvalue weighted by Gasteiger charge is -2.33. The van der Waals surface area contributed by atoms with Gasteiger partial charge in [-0.25, -0.2) is 0 Å². The molecule has 0 bridgehead atoms. The number of carboxylic acids is 1. The van der Waals surface area contributed by atoms with Crippen LogP contribution in [-0.4, -0.2) is 46.9 Å². The molecule has 1 saturated heterocycles. The highest BCUT2D eigenvalue weighted by Crippen LogP contribution is 2.36. The van der Waals surface area contributed by atoms with E-state index in [9.17, 15) is 33.4 Å². The molecule has 1 heterocycles. The number of aliphatic hydroxyl groups excluding tert-OH is 1. The van der Waals surface area contributed by atoms with Crippen molar-refractivity contribution in [3.8, 4) is 17.2 Å². The SMILES string of the molecule is N#Cc1c(/C=C/c2cc(CO)c(CN3CCOCC3C(=O)O)cc2C(F)(F)F)cccc1-c1ccccc1. The molecule has 0 aromatic heterocycles. The van der Waals surface area contributed by atoms with Crippen LogP contribution in [-0.2, 0) is 28.9 Å². The Labute approximate surface area is 217 Å². The maximum atomic E-state index is 14.1. The van der Waals surface area contributed by atoms with Gasteiger partial charge in [-0.2, -0.15) is 18.4 Å². The van der Waals surface area contributed by atoms with Crippen molar-refractivity contribution in [2.24, 2.45) is 0 Å². The minimum Gasteiger partial charge on any atom is -0.480 e. The van der Waals surface area contributed by atoms with E-state index in [0.29, 0.717) is 16.7 Å². The van der Waals surface area contributed by atoms with Crippen LogP contribution >= 0.6 is 0 Å². The average molecular weight is 523 g/mol. The van der Waals surface area contributed by atoms with Crippen molar-refractivity contribution in [3.05, 3.63) is 94.0 Å². The molecular formula is C29H25F3N2O4. The smallest absolute Gasteiger partial charge is 0.416 e. The Morgan fingerprint density at radius 2 is 1.82 bits per heavy atom. The Kier molecular flexibility index (Phi) is 8.27. The molecule has 1 atom stereocenters. The normalized spacial score (nSPS) is 16.4. The summed E-state index contributed by atoms with van der Waals surface area (Å²) in [4.78, 5) is 13.1. The van der Waals surface area contributed by atoms with Crippen molar-refractivity contribution in [3.63, 3.8) is 0 Å². The first kappa shape index (κ1) is 27.1. The number of ether oxygens (including phenoxy) is 1. The Morgan fingerprint density at radius 1 is 1.08 bits per heavy atom. The van der Waals surface area contributed by atoms with Gasteiger partial charge in [-0.05, 0) is 39.9 Å². The third-order valence-corrected chi connectivity index (χ3v) is 6.48. The quantitative estimate of drug-likeness (QED) is 0.415. The minimum absolute atomic E-state index is 0.0694. The molecule has 196 valence electrons. The van der Waals surface area contributed by atoms with E-state index in [4.69, 9.17) is 4.74 Å². The van der Waals surface area contributed by atoms with Gasteiger partial charge in [-0.3, -0.25) is 9.69 Å². The van der Waals surface area contributed by atoms with E-state index in [1.54, 1.807) is 18.2 Å². The van der Waals surface area contributed by atoms with E-state index in [2.05, 4.69) is 6.07 Å². The Morgan fingerprint density at radius 3 is 2.47 bits per heavy atom. The van der Waals surface area contributed by atoms with Gasteiger partial charge in [0.1, 0.15) is 12.1 Å². The second-order valence-electron chi connectivity index (χ2n) is 8.84. The molecule has 0 amide bonds. The molecule has 0 radical (unpaired) electrons. The fraction of sp³-hybridized carbons (Fsp3) is 0.241. The van der Waals surface area contributed by atoms with E-state index < -0.39 is 30.4 Å². The molecule has 1 aliphatic rings. The number of carboxylic acid groups (broad SMARTS) is 1. The van der Waals surface area contributed by atoms with Crippen LogP contribution in [0.5, 0.6) is 0 Å². The van der Waals surface area contributed by atoms with Crippen molar-refractivity contribution in [2.45, 2.75) is 25.4 Å². The maximum Gasteiger partial charge on any atom is 0.416 e. The number of nitriles is 1. The number of alkyl halides is 3.